The van der Waals surface area contributed by atoms with Crippen LogP contribution in [-0.4, -0.2) is 44.3 Å². The number of aromatic nitrogens is 2. The number of nitrogens with zero attached hydrogens (tertiary/aromatic N) is 3. The van der Waals surface area contributed by atoms with Crippen LogP contribution in [0.2, 0.25) is 0 Å². The first-order chi connectivity index (χ1) is 17.3. The van der Waals surface area contributed by atoms with E-state index in [9.17, 15) is 13.2 Å². The fraction of sp³-hybridized carbons (Fsp3) is 0.269. The van der Waals surface area contributed by atoms with Gasteiger partial charge in [-0.15, -0.1) is 0 Å². The number of pyridine rings is 1. The number of anilines is 1. The molecular weight excluding hydrogens is 498 g/mol. The Hall–Kier alpha value is -3.50. The van der Waals surface area contributed by atoms with E-state index in [0.29, 0.717) is 27.8 Å². The number of carbonyl (C=O) groups is 1. The SMILES string of the molecule is COc1ccc(S(=O)(=O)CCCC(=O)N(Cc2ccccn2)c2nc3c(OC)ccc(C)c3s2)cc1. The molecule has 0 N–H and O–H groups in total. The summed E-state index contributed by atoms with van der Waals surface area (Å²) < 4.78 is 37.0. The molecule has 0 saturated heterocycles. The number of hydrogen-bond donors (Lipinski definition) is 0. The number of fused-ring (bicyclic) bond motifs is 1. The zero-order valence-corrected chi connectivity index (χ0v) is 21.9. The number of carbonyl (C=O) groups excluding carboxylic acids is 1. The van der Waals surface area contributed by atoms with Crippen LogP contribution in [-0.2, 0) is 21.2 Å². The van der Waals surface area contributed by atoms with Crippen LogP contribution in [0.1, 0.15) is 24.1 Å². The van der Waals surface area contributed by atoms with Gasteiger partial charge in [-0.1, -0.05) is 23.5 Å². The monoisotopic (exact) mass is 525 g/mol. The van der Waals surface area contributed by atoms with E-state index in [1.54, 1.807) is 30.3 Å². The number of hydrogen-bond acceptors (Lipinski definition) is 8. The summed E-state index contributed by atoms with van der Waals surface area (Å²) in [4.78, 5) is 24.3. The zero-order chi connectivity index (χ0) is 25.7. The molecule has 0 atom stereocenters. The molecule has 4 aromatic rings. The summed E-state index contributed by atoms with van der Waals surface area (Å²) in [5, 5.41) is 0.520. The number of amides is 1. The maximum Gasteiger partial charge on any atom is 0.229 e. The Kier molecular flexibility index (Phi) is 7.85. The van der Waals surface area contributed by atoms with Gasteiger partial charge in [-0.2, -0.15) is 0 Å². The molecule has 0 aliphatic rings. The minimum atomic E-state index is -3.53. The number of ether oxygens (including phenoxy) is 2. The van der Waals surface area contributed by atoms with Gasteiger partial charge in [-0.25, -0.2) is 13.4 Å². The highest BCUT2D eigenvalue weighted by atomic mass is 32.2. The molecule has 0 radical (unpaired) electrons. The van der Waals surface area contributed by atoms with Gasteiger partial charge in [-0.05, 0) is 61.4 Å². The summed E-state index contributed by atoms with van der Waals surface area (Å²) in [6.07, 6.45) is 1.90. The number of aryl methyl sites for hydroxylation is 1. The van der Waals surface area contributed by atoms with E-state index in [4.69, 9.17) is 14.5 Å². The van der Waals surface area contributed by atoms with E-state index in [1.165, 1.54) is 30.6 Å². The average molecular weight is 526 g/mol. The van der Waals surface area contributed by atoms with Crippen molar-refractivity contribution >= 4 is 42.4 Å². The van der Waals surface area contributed by atoms with E-state index < -0.39 is 9.84 Å². The maximum atomic E-state index is 13.4. The Morgan fingerprint density at radius 3 is 2.47 bits per heavy atom. The van der Waals surface area contributed by atoms with Gasteiger partial charge in [0.05, 0.1) is 41.8 Å². The normalized spacial score (nSPS) is 11.4. The van der Waals surface area contributed by atoms with Gasteiger partial charge in [0, 0.05) is 12.6 Å². The summed E-state index contributed by atoms with van der Waals surface area (Å²) in [7, 11) is -0.424. The van der Waals surface area contributed by atoms with E-state index >= 15 is 0 Å². The summed E-state index contributed by atoms with van der Waals surface area (Å²) >= 11 is 1.40. The Morgan fingerprint density at radius 2 is 1.81 bits per heavy atom. The second kappa shape index (κ2) is 11.0. The molecule has 0 spiro atoms. The zero-order valence-electron chi connectivity index (χ0n) is 20.3. The van der Waals surface area contributed by atoms with Gasteiger partial charge in [-0.3, -0.25) is 14.7 Å². The highest BCUT2D eigenvalue weighted by molar-refractivity contribution is 7.91. The molecule has 8 nitrogen and oxygen atoms in total. The van der Waals surface area contributed by atoms with Crippen LogP contribution in [0.15, 0.2) is 65.7 Å². The van der Waals surface area contributed by atoms with Crippen LogP contribution in [0.25, 0.3) is 10.2 Å². The molecule has 0 bridgehead atoms. The van der Waals surface area contributed by atoms with Crippen molar-refractivity contribution in [2.24, 2.45) is 0 Å². The third-order valence-corrected chi connectivity index (χ3v) is 8.74. The predicted molar refractivity (Wildman–Crippen MR) is 141 cm³/mol. The first-order valence-corrected chi connectivity index (χ1v) is 13.8. The fourth-order valence-electron chi connectivity index (χ4n) is 3.74. The van der Waals surface area contributed by atoms with E-state index in [0.717, 1.165) is 10.3 Å². The van der Waals surface area contributed by atoms with Gasteiger partial charge in [0.15, 0.2) is 15.0 Å². The summed E-state index contributed by atoms with van der Waals surface area (Å²) in [6, 6.07) is 15.6. The van der Waals surface area contributed by atoms with E-state index in [-0.39, 0.29) is 35.9 Å². The van der Waals surface area contributed by atoms with Crippen molar-refractivity contribution in [3.63, 3.8) is 0 Å². The van der Waals surface area contributed by atoms with Crippen molar-refractivity contribution < 1.29 is 22.7 Å². The molecule has 2 aromatic carbocycles. The smallest absolute Gasteiger partial charge is 0.229 e. The highest BCUT2D eigenvalue weighted by Crippen LogP contribution is 2.37. The average Bonchev–Trinajstić information content (AvgIpc) is 3.34. The van der Waals surface area contributed by atoms with Crippen molar-refractivity contribution in [3.05, 3.63) is 72.1 Å². The van der Waals surface area contributed by atoms with Gasteiger partial charge >= 0.3 is 0 Å². The fourth-order valence-corrected chi connectivity index (χ4v) is 6.12. The Labute approximate surface area is 214 Å². The number of benzene rings is 2. The second-order valence-electron chi connectivity index (χ2n) is 8.16. The van der Waals surface area contributed by atoms with Crippen molar-refractivity contribution in [1.82, 2.24) is 9.97 Å². The van der Waals surface area contributed by atoms with Crippen molar-refractivity contribution in [2.45, 2.75) is 31.2 Å². The second-order valence-corrected chi connectivity index (χ2v) is 11.2. The standard InChI is InChI=1S/C26H27N3O5S2/c1-18-9-14-22(34-3)24-25(18)35-26(28-24)29(17-19-7-4-5-15-27-19)23(30)8-6-16-36(31,32)21-12-10-20(33-2)11-13-21/h4-5,7,9-15H,6,8,16-17H2,1-3H3. The number of rotatable bonds is 10. The maximum absolute atomic E-state index is 13.4. The minimum absolute atomic E-state index is 0.0499. The van der Waals surface area contributed by atoms with E-state index in [1.807, 2.05) is 37.3 Å². The lowest BCUT2D eigenvalue weighted by atomic mass is 10.2. The highest BCUT2D eigenvalue weighted by Gasteiger charge is 2.23. The molecule has 10 heteroatoms. The molecule has 0 aliphatic heterocycles. The Morgan fingerprint density at radius 1 is 1.03 bits per heavy atom. The molecule has 0 unspecified atom stereocenters. The van der Waals surface area contributed by atoms with Crippen LogP contribution >= 0.6 is 11.3 Å². The van der Waals surface area contributed by atoms with Crippen LogP contribution in [0.5, 0.6) is 11.5 Å². The van der Waals surface area contributed by atoms with Crippen molar-refractivity contribution in [3.8, 4) is 11.5 Å². The third kappa shape index (κ3) is 5.66. The molecule has 2 heterocycles. The topological polar surface area (TPSA) is 98.7 Å². The quantitative estimate of drug-likeness (QED) is 0.293. The molecule has 1 amide bonds. The lowest BCUT2D eigenvalue weighted by Crippen LogP contribution is -2.30. The Balaban J connectivity index is 1.55. The molecular formula is C26H27N3O5S2. The minimum Gasteiger partial charge on any atom is -0.497 e. The number of thiazole rings is 1. The summed E-state index contributed by atoms with van der Waals surface area (Å²) in [5.74, 6) is 0.849. The van der Waals surface area contributed by atoms with Crippen LogP contribution < -0.4 is 14.4 Å². The summed E-state index contributed by atoms with van der Waals surface area (Å²) in [5.41, 5.74) is 2.43. The van der Waals surface area contributed by atoms with Crippen LogP contribution in [0, 0.1) is 6.92 Å². The van der Waals surface area contributed by atoms with Gasteiger partial charge in [0.1, 0.15) is 17.0 Å². The van der Waals surface area contributed by atoms with Crippen molar-refractivity contribution in [1.29, 1.82) is 0 Å². The molecule has 0 saturated carbocycles. The van der Waals surface area contributed by atoms with Gasteiger partial charge in [0.2, 0.25) is 5.91 Å². The molecule has 4 rings (SSSR count). The lowest BCUT2D eigenvalue weighted by Gasteiger charge is -2.19. The molecule has 0 fully saturated rings. The largest absolute Gasteiger partial charge is 0.497 e. The first kappa shape index (κ1) is 25.6. The molecule has 0 aliphatic carbocycles. The molecule has 2 aromatic heterocycles. The van der Waals surface area contributed by atoms with Gasteiger partial charge in [0.25, 0.3) is 0 Å². The molecule has 36 heavy (non-hydrogen) atoms. The predicted octanol–water partition coefficient (Wildman–Crippen LogP) is 4.80. The first-order valence-electron chi connectivity index (χ1n) is 11.3. The van der Waals surface area contributed by atoms with Crippen LogP contribution in [0.3, 0.4) is 0 Å². The third-order valence-electron chi connectivity index (χ3n) is 5.71. The number of sulfone groups is 1. The summed E-state index contributed by atoms with van der Waals surface area (Å²) in [6.45, 7) is 2.21. The lowest BCUT2D eigenvalue weighted by molar-refractivity contribution is -0.118. The van der Waals surface area contributed by atoms with Crippen molar-refractivity contribution in [2.75, 3.05) is 24.9 Å². The number of methoxy groups -OCH3 is 2. The Bertz CT molecular complexity index is 1450. The van der Waals surface area contributed by atoms with Gasteiger partial charge < -0.3 is 9.47 Å². The molecule has 188 valence electrons. The van der Waals surface area contributed by atoms with E-state index in [2.05, 4.69) is 4.98 Å². The van der Waals surface area contributed by atoms with Crippen LogP contribution in [0.4, 0.5) is 5.13 Å².